The molecule has 3 N–H and O–H groups in total. The van der Waals surface area contributed by atoms with Crippen LogP contribution in [0.25, 0.3) is 0 Å². The van der Waals surface area contributed by atoms with Crippen LogP contribution in [-0.2, 0) is 4.74 Å². The van der Waals surface area contributed by atoms with Crippen LogP contribution in [0.2, 0.25) is 0 Å². The van der Waals surface area contributed by atoms with Crippen LogP contribution in [0.15, 0.2) is 4.99 Å². The Bertz CT molecular complexity index is 292. The third-order valence-electron chi connectivity index (χ3n) is 2.64. The molecule has 0 aromatic heterocycles. The molecule has 0 spiro atoms. The van der Waals surface area contributed by atoms with E-state index < -0.39 is 12.2 Å². The van der Waals surface area contributed by atoms with E-state index in [0.29, 0.717) is 5.33 Å². The molecule has 16 heavy (non-hydrogen) atoms. The Kier molecular flexibility index (Phi) is 4.12. The van der Waals surface area contributed by atoms with Crippen molar-refractivity contribution in [1.82, 2.24) is 5.32 Å². The summed E-state index contributed by atoms with van der Waals surface area (Å²) < 4.78 is 5.67. The number of aliphatic imine (C=N–C) groups is 1. The normalized spacial score (nSPS) is 42.8. The number of fused-ring (bicyclic) bond motifs is 1. The number of aliphatic hydroxyl groups excluding tert-OH is 2. The van der Waals surface area contributed by atoms with Gasteiger partial charge in [0.2, 0.25) is 0 Å². The quantitative estimate of drug-likeness (QED) is 0.622. The Morgan fingerprint density at radius 3 is 2.88 bits per heavy atom. The fourth-order valence-electron chi connectivity index (χ4n) is 1.79. The third-order valence-corrected chi connectivity index (χ3v) is 4.38. The molecule has 0 aromatic carbocycles. The molecule has 2 aliphatic heterocycles. The van der Waals surface area contributed by atoms with Crippen molar-refractivity contribution >= 4 is 32.9 Å². The van der Waals surface area contributed by atoms with Crippen LogP contribution in [0.3, 0.4) is 0 Å². The molecule has 0 unspecified atom stereocenters. The maximum absolute atomic E-state index is 9.94. The molecule has 2 heterocycles. The van der Waals surface area contributed by atoms with E-state index in [1.165, 1.54) is 11.8 Å². The lowest BCUT2D eigenvalue weighted by Crippen LogP contribution is -2.55. The molecule has 5 atom stereocenters. The highest BCUT2D eigenvalue weighted by Crippen LogP contribution is 2.36. The molecule has 5 nitrogen and oxygen atoms in total. The summed E-state index contributed by atoms with van der Waals surface area (Å²) in [5.74, 6) is 0. The average Bonchev–Trinajstić information content (AvgIpc) is 2.67. The summed E-state index contributed by atoms with van der Waals surface area (Å²) in [7, 11) is 0. The molecule has 1 saturated heterocycles. The molecular weight excluding hydrogens is 296 g/mol. The molecule has 0 aromatic rings. The number of ether oxygens (including phenoxy) is 1. The van der Waals surface area contributed by atoms with Gasteiger partial charge in [-0.15, -0.1) is 0 Å². The molecule has 2 aliphatic rings. The Hall–Kier alpha value is 0.180. The molecule has 0 bridgehead atoms. The van der Waals surface area contributed by atoms with Crippen molar-refractivity contribution in [3.8, 4) is 0 Å². The van der Waals surface area contributed by atoms with Gasteiger partial charge in [0, 0.05) is 11.9 Å². The van der Waals surface area contributed by atoms with Crippen LogP contribution >= 0.6 is 27.7 Å². The van der Waals surface area contributed by atoms with Crippen molar-refractivity contribution in [2.24, 2.45) is 4.99 Å². The van der Waals surface area contributed by atoms with Gasteiger partial charge in [0.25, 0.3) is 0 Å². The summed E-state index contributed by atoms with van der Waals surface area (Å²) in [4.78, 5) is 4.32. The number of thioether (sulfide) groups is 1. The zero-order valence-corrected chi connectivity index (χ0v) is 11.2. The van der Waals surface area contributed by atoms with Gasteiger partial charge in [0.15, 0.2) is 5.17 Å². The summed E-state index contributed by atoms with van der Waals surface area (Å²) in [5, 5.41) is 24.1. The van der Waals surface area contributed by atoms with Crippen molar-refractivity contribution in [1.29, 1.82) is 0 Å². The fraction of sp³-hybridized carbons (Fsp3) is 0.889. The van der Waals surface area contributed by atoms with Gasteiger partial charge in [-0.2, -0.15) is 0 Å². The largest absolute Gasteiger partial charge is 0.388 e. The number of nitrogens with one attached hydrogen (secondary N) is 1. The second kappa shape index (κ2) is 5.22. The Balaban J connectivity index is 2.08. The van der Waals surface area contributed by atoms with Crippen LogP contribution in [0, 0.1) is 0 Å². The van der Waals surface area contributed by atoms with Crippen molar-refractivity contribution in [2.45, 2.75) is 36.7 Å². The number of alkyl halides is 1. The fourth-order valence-corrected chi connectivity index (χ4v) is 3.52. The second-order valence-electron chi connectivity index (χ2n) is 3.75. The van der Waals surface area contributed by atoms with E-state index >= 15 is 0 Å². The Labute approximate surface area is 107 Å². The highest BCUT2D eigenvalue weighted by atomic mass is 79.9. The summed E-state index contributed by atoms with van der Waals surface area (Å²) in [6.07, 6.45) is -2.11. The molecule has 0 aliphatic carbocycles. The lowest BCUT2D eigenvalue weighted by atomic mass is 9.99. The van der Waals surface area contributed by atoms with E-state index in [1.807, 2.05) is 6.92 Å². The van der Waals surface area contributed by atoms with E-state index in [9.17, 15) is 10.2 Å². The molecule has 7 heteroatoms. The van der Waals surface area contributed by atoms with Gasteiger partial charge in [-0.1, -0.05) is 27.7 Å². The van der Waals surface area contributed by atoms with Gasteiger partial charge in [-0.3, -0.25) is 4.99 Å². The number of aliphatic hydroxyl groups is 2. The van der Waals surface area contributed by atoms with E-state index in [1.54, 1.807) is 0 Å². The first-order valence-corrected chi connectivity index (χ1v) is 7.23. The number of hydrogen-bond acceptors (Lipinski definition) is 6. The summed E-state index contributed by atoms with van der Waals surface area (Å²) in [6.45, 7) is 2.77. The lowest BCUT2D eigenvalue weighted by Gasteiger charge is -2.37. The van der Waals surface area contributed by atoms with Gasteiger partial charge in [-0.05, 0) is 6.92 Å². The summed E-state index contributed by atoms with van der Waals surface area (Å²) in [6, 6.07) is -0.371. The van der Waals surface area contributed by atoms with Gasteiger partial charge in [0.05, 0.1) is 6.10 Å². The highest BCUT2D eigenvalue weighted by molar-refractivity contribution is 9.09. The maximum atomic E-state index is 9.94. The second-order valence-corrected chi connectivity index (χ2v) is 5.49. The predicted molar refractivity (Wildman–Crippen MR) is 67.0 cm³/mol. The first-order valence-electron chi connectivity index (χ1n) is 5.23. The van der Waals surface area contributed by atoms with Crippen molar-refractivity contribution < 1.29 is 14.9 Å². The van der Waals surface area contributed by atoms with E-state index in [4.69, 9.17) is 4.74 Å². The van der Waals surface area contributed by atoms with Gasteiger partial charge in [0.1, 0.15) is 23.7 Å². The maximum Gasteiger partial charge on any atom is 0.159 e. The minimum absolute atomic E-state index is 0.199. The summed E-state index contributed by atoms with van der Waals surface area (Å²) >= 11 is 4.73. The number of rotatable bonds is 2. The third kappa shape index (κ3) is 2.24. The van der Waals surface area contributed by atoms with Crippen molar-refractivity contribution in [2.75, 3.05) is 11.9 Å². The minimum atomic E-state index is -0.883. The average molecular weight is 311 g/mol. The predicted octanol–water partition coefficient (Wildman–Crippen LogP) is -0.0911. The van der Waals surface area contributed by atoms with Gasteiger partial charge < -0.3 is 20.3 Å². The van der Waals surface area contributed by atoms with Crippen LogP contribution in [0.4, 0.5) is 0 Å². The standard InChI is InChI=1S/C9H15BrN2O3S/c1-2-11-9-12-5-7(14)6(13)4(3-10)15-8(5)16-9/h4-8,13-14H,2-3H2,1H3,(H,11,12)/t4-,5-,6-,7-,8-/m1/s1. The summed E-state index contributed by atoms with van der Waals surface area (Å²) in [5.41, 5.74) is -0.199. The first kappa shape index (κ1) is 12.6. The van der Waals surface area contributed by atoms with Crippen LogP contribution in [0.1, 0.15) is 6.92 Å². The van der Waals surface area contributed by atoms with Crippen LogP contribution in [-0.4, -0.2) is 57.0 Å². The topological polar surface area (TPSA) is 74.1 Å². The van der Waals surface area contributed by atoms with E-state index in [2.05, 4.69) is 26.2 Å². The molecule has 0 radical (unpaired) electrons. The smallest absolute Gasteiger partial charge is 0.159 e. The zero-order chi connectivity index (χ0) is 11.7. The molecule has 0 amide bonds. The zero-order valence-electron chi connectivity index (χ0n) is 8.84. The number of hydrogen-bond donors (Lipinski definition) is 3. The minimum Gasteiger partial charge on any atom is -0.388 e. The van der Waals surface area contributed by atoms with E-state index in [0.717, 1.165) is 11.7 Å². The number of nitrogens with zero attached hydrogens (tertiary/aromatic N) is 1. The molecule has 0 saturated carbocycles. The Morgan fingerprint density at radius 1 is 1.50 bits per heavy atom. The van der Waals surface area contributed by atoms with Gasteiger partial charge in [-0.25, -0.2) is 0 Å². The molecule has 2 rings (SSSR count). The molecule has 1 fully saturated rings. The lowest BCUT2D eigenvalue weighted by molar-refractivity contribution is -0.143. The Morgan fingerprint density at radius 2 is 2.25 bits per heavy atom. The van der Waals surface area contributed by atoms with Crippen molar-refractivity contribution in [3.63, 3.8) is 0 Å². The van der Waals surface area contributed by atoms with Crippen LogP contribution < -0.4 is 5.32 Å². The highest BCUT2D eigenvalue weighted by Gasteiger charge is 2.47. The van der Waals surface area contributed by atoms with Crippen molar-refractivity contribution in [3.05, 3.63) is 0 Å². The van der Waals surface area contributed by atoms with Crippen LogP contribution in [0.5, 0.6) is 0 Å². The first-order chi connectivity index (χ1) is 7.67. The molecule has 92 valence electrons. The number of halogens is 1. The SMILES string of the molecule is CCNC1=N[C@@H]2[C@@H](O)[C@H](O)[C@@H](CBr)O[C@@H]2S1. The monoisotopic (exact) mass is 310 g/mol. The molecular formula is C9H15BrN2O3S. The number of amidine groups is 1. The van der Waals surface area contributed by atoms with Gasteiger partial charge >= 0.3 is 0 Å². The van der Waals surface area contributed by atoms with E-state index in [-0.39, 0.29) is 17.6 Å².